The first-order chi connectivity index (χ1) is 10.9. The minimum Gasteiger partial charge on any atom is -0.490 e. The number of methoxy groups -OCH3 is 1. The molecule has 1 amide bonds. The third-order valence-electron chi connectivity index (χ3n) is 4.10. The molecule has 0 unspecified atom stereocenters. The molecule has 1 aromatic rings. The third-order valence-corrected chi connectivity index (χ3v) is 4.10. The summed E-state index contributed by atoms with van der Waals surface area (Å²) in [7, 11) is 1.37. The Labute approximate surface area is 135 Å². The highest BCUT2D eigenvalue weighted by molar-refractivity contribution is 5.93. The number of benzene rings is 1. The quantitative estimate of drug-likeness (QED) is 0.665. The molecule has 1 aliphatic rings. The van der Waals surface area contributed by atoms with Crippen LogP contribution in [-0.2, 0) is 4.79 Å². The molecule has 126 valence electrons. The second kappa shape index (κ2) is 7.41. The second-order valence-electron chi connectivity index (χ2n) is 6.13. The average molecular weight is 321 g/mol. The zero-order valence-electron chi connectivity index (χ0n) is 13.8. The van der Waals surface area contributed by atoms with Crippen LogP contribution in [0.25, 0.3) is 0 Å². The number of piperidine rings is 1. The first-order valence-corrected chi connectivity index (χ1v) is 7.76. The van der Waals surface area contributed by atoms with Crippen molar-refractivity contribution in [3.05, 3.63) is 27.8 Å². The number of hydrogen-bond acceptors (Lipinski definition) is 5. The van der Waals surface area contributed by atoms with Gasteiger partial charge in [-0.3, -0.25) is 19.8 Å². The predicted molar refractivity (Wildman–Crippen MR) is 87.9 cm³/mol. The third kappa shape index (κ3) is 4.41. The number of anilines is 1. The normalized spacial score (nSPS) is 18.5. The number of rotatable bonds is 5. The molecule has 1 saturated heterocycles. The maximum atomic E-state index is 12.2. The van der Waals surface area contributed by atoms with Crippen molar-refractivity contribution < 1.29 is 14.5 Å². The predicted octanol–water partition coefficient (Wildman–Crippen LogP) is 2.58. The lowest BCUT2D eigenvalue weighted by atomic mass is 10.0. The highest BCUT2D eigenvalue weighted by atomic mass is 16.6. The van der Waals surface area contributed by atoms with Crippen molar-refractivity contribution in [1.82, 2.24) is 4.90 Å². The van der Waals surface area contributed by atoms with E-state index in [0.717, 1.165) is 19.5 Å². The Morgan fingerprint density at radius 3 is 2.87 bits per heavy atom. The van der Waals surface area contributed by atoms with Crippen LogP contribution in [-0.4, -0.2) is 42.5 Å². The summed E-state index contributed by atoms with van der Waals surface area (Å²) in [6.45, 7) is 6.11. The molecule has 0 bridgehead atoms. The van der Waals surface area contributed by atoms with Crippen LogP contribution in [0.3, 0.4) is 0 Å². The second-order valence-corrected chi connectivity index (χ2v) is 6.13. The summed E-state index contributed by atoms with van der Waals surface area (Å²) < 4.78 is 5.04. The van der Waals surface area contributed by atoms with E-state index in [4.69, 9.17) is 4.74 Å². The number of nitro groups is 1. The number of carbonyl (C=O) groups excluding carboxylic acids is 1. The fourth-order valence-corrected chi connectivity index (χ4v) is 2.94. The monoisotopic (exact) mass is 321 g/mol. The Balaban J connectivity index is 2.07. The van der Waals surface area contributed by atoms with E-state index >= 15 is 0 Å². The van der Waals surface area contributed by atoms with Crippen LogP contribution in [0.5, 0.6) is 5.75 Å². The zero-order chi connectivity index (χ0) is 17.0. The first-order valence-electron chi connectivity index (χ1n) is 7.76. The summed E-state index contributed by atoms with van der Waals surface area (Å²) in [4.78, 5) is 24.9. The lowest BCUT2D eigenvalue weighted by Gasteiger charge is -2.30. The number of nitrogens with zero attached hydrogens (tertiary/aromatic N) is 2. The lowest BCUT2D eigenvalue weighted by molar-refractivity contribution is -0.385. The van der Waals surface area contributed by atoms with Gasteiger partial charge in [0.15, 0.2) is 5.75 Å². The van der Waals surface area contributed by atoms with Crippen LogP contribution in [0.4, 0.5) is 11.4 Å². The van der Waals surface area contributed by atoms with Crippen molar-refractivity contribution in [1.29, 1.82) is 0 Å². The molecule has 1 fully saturated rings. The van der Waals surface area contributed by atoms with E-state index in [-0.39, 0.29) is 17.3 Å². The van der Waals surface area contributed by atoms with Gasteiger partial charge in [-0.15, -0.1) is 0 Å². The molecule has 0 aliphatic carbocycles. The van der Waals surface area contributed by atoms with Gasteiger partial charge in [-0.1, -0.05) is 6.92 Å². The average Bonchev–Trinajstić information content (AvgIpc) is 2.48. The molecule has 7 nitrogen and oxygen atoms in total. The van der Waals surface area contributed by atoms with Gasteiger partial charge in [0.05, 0.1) is 18.6 Å². The molecular weight excluding hydrogens is 298 g/mol. The van der Waals surface area contributed by atoms with E-state index in [1.54, 1.807) is 6.92 Å². The van der Waals surface area contributed by atoms with E-state index in [2.05, 4.69) is 17.1 Å². The maximum absolute atomic E-state index is 12.2. The molecule has 0 aromatic heterocycles. The fraction of sp³-hybridized carbons (Fsp3) is 0.562. The van der Waals surface area contributed by atoms with Gasteiger partial charge in [-0.05, 0) is 37.8 Å². The van der Waals surface area contributed by atoms with Crippen molar-refractivity contribution >= 4 is 17.3 Å². The van der Waals surface area contributed by atoms with E-state index in [1.807, 2.05) is 0 Å². The number of carbonyl (C=O) groups is 1. The summed E-state index contributed by atoms with van der Waals surface area (Å²) in [6.07, 6.45) is 2.32. The van der Waals surface area contributed by atoms with Crippen molar-refractivity contribution in [3.8, 4) is 5.75 Å². The van der Waals surface area contributed by atoms with Gasteiger partial charge in [0.1, 0.15) is 0 Å². The minimum atomic E-state index is -0.493. The smallest absolute Gasteiger partial charge is 0.311 e. The molecule has 1 atom stereocenters. The Morgan fingerprint density at radius 2 is 2.26 bits per heavy atom. The van der Waals surface area contributed by atoms with Crippen LogP contribution >= 0.6 is 0 Å². The topological polar surface area (TPSA) is 84.7 Å². The number of aryl methyl sites for hydroxylation is 1. The Hall–Kier alpha value is -2.15. The van der Waals surface area contributed by atoms with E-state index in [0.29, 0.717) is 23.7 Å². The standard InChI is InChI=1S/C16H23N3O4/c1-11-5-4-6-18(9-11)10-16(20)17-13-8-15(23-3)14(19(21)22)7-12(13)2/h7-8,11H,4-6,9-10H2,1-3H3,(H,17,20)/t11-/m1/s1. The lowest BCUT2D eigenvalue weighted by Crippen LogP contribution is -2.39. The SMILES string of the molecule is COc1cc(NC(=O)CN2CCC[C@@H](C)C2)c(C)cc1[N+](=O)[O-]. The van der Waals surface area contributed by atoms with E-state index in [9.17, 15) is 14.9 Å². The van der Waals surface area contributed by atoms with Gasteiger partial charge in [0, 0.05) is 24.4 Å². The summed E-state index contributed by atoms with van der Waals surface area (Å²) >= 11 is 0. The van der Waals surface area contributed by atoms with E-state index in [1.165, 1.54) is 25.7 Å². The van der Waals surface area contributed by atoms with Crippen LogP contribution in [0.15, 0.2) is 12.1 Å². The molecule has 7 heteroatoms. The van der Waals surface area contributed by atoms with Gasteiger partial charge in [0.2, 0.25) is 5.91 Å². The van der Waals surface area contributed by atoms with Gasteiger partial charge < -0.3 is 10.1 Å². The Kier molecular flexibility index (Phi) is 5.54. The molecule has 2 rings (SSSR count). The van der Waals surface area contributed by atoms with Gasteiger partial charge in [-0.2, -0.15) is 0 Å². The van der Waals surface area contributed by atoms with Crippen LogP contribution in [0, 0.1) is 23.0 Å². The Morgan fingerprint density at radius 1 is 1.52 bits per heavy atom. The molecular formula is C16H23N3O4. The molecule has 0 saturated carbocycles. The van der Waals surface area contributed by atoms with E-state index < -0.39 is 4.92 Å². The molecule has 1 aromatic carbocycles. The molecule has 23 heavy (non-hydrogen) atoms. The summed E-state index contributed by atoms with van der Waals surface area (Å²) in [6, 6.07) is 2.92. The summed E-state index contributed by atoms with van der Waals surface area (Å²) in [5.74, 6) is 0.637. The minimum absolute atomic E-state index is 0.104. The fourth-order valence-electron chi connectivity index (χ4n) is 2.94. The first kappa shape index (κ1) is 17.2. The van der Waals surface area contributed by atoms with Crippen molar-refractivity contribution in [2.45, 2.75) is 26.7 Å². The van der Waals surface area contributed by atoms with Gasteiger partial charge in [-0.25, -0.2) is 0 Å². The molecule has 1 heterocycles. The van der Waals surface area contributed by atoms with Crippen molar-refractivity contribution in [2.75, 3.05) is 32.1 Å². The highest BCUT2D eigenvalue weighted by Gasteiger charge is 2.21. The molecule has 0 spiro atoms. The van der Waals surface area contributed by atoms with Gasteiger partial charge >= 0.3 is 5.69 Å². The zero-order valence-corrected chi connectivity index (χ0v) is 13.8. The number of nitro benzene ring substituents is 1. The van der Waals surface area contributed by atoms with Crippen LogP contribution < -0.4 is 10.1 Å². The number of nitrogens with one attached hydrogen (secondary N) is 1. The number of hydrogen-bond donors (Lipinski definition) is 1. The number of ether oxygens (including phenoxy) is 1. The van der Waals surface area contributed by atoms with Crippen LogP contribution in [0.2, 0.25) is 0 Å². The molecule has 1 aliphatic heterocycles. The van der Waals surface area contributed by atoms with Crippen LogP contribution in [0.1, 0.15) is 25.3 Å². The van der Waals surface area contributed by atoms with Crippen molar-refractivity contribution in [2.24, 2.45) is 5.92 Å². The summed E-state index contributed by atoms with van der Waals surface area (Å²) in [5, 5.41) is 13.8. The highest BCUT2D eigenvalue weighted by Crippen LogP contribution is 2.32. The maximum Gasteiger partial charge on any atom is 0.311 e. The summed E-state index contributed by atoms with van der Waals surface area (Å²) in [5.41, 5.74) is 1.08. The Bertz CT molecular complexity index is 603. The number of likely N-dealkylation sites (tertiary alicyclic amines) is 1. The largest absolute Gasteiger partial charge is 0.490 e. The van der Waals surface area contributed by atoms with Crippen molar-refractivity contribution in [3.63, 3.8) is 0 Å². The molecule has 0 radical (unpaired) electrons. The molecule has 1 N–H and O–H groups in total. The number of amides is 1. The van der Waals surface area contributed by atoms with Gasteiger partial charge in [0.25, 0.3) is 0 Å².